The Morgan fingerprint density at radius 3 is 2.70 bits per heavy atom. The fourth-order valence-corrected chi connectivity index (χ4v) is 2.79. The first-order valence-corrected chi connectivity index (χ1v) is 7.48. The molecule has 0 saturated heterocycles. The summed E-state index contributed by atoms with van der Waals surface area (Å²) in [7, 11) is 1.44. The van der Waals surface area contributed by atoms with E-state index < -0.39 is 0 Å². The molecule has 0 aliphatic heterocycles. The molecule has 0 aromatic rings. The van der Waals surface area contributed by atoms with Crippen LogP contribution in [-0.2, 0) is 14.3 Å². The quantitative estimate of drug-likeness (QED) is 0.462. The highest BCUT2D eigenvalue weighted by molar-refractivity contribution is 5.89. The molecule has 0 amide bonds. The highest BCUT2D eigenvalue weighted by atomic mass is 16.5. The Bertz CT molecular complexity index is 374. The van der Waals surface area contributed by atoms with E-state index in [0.29, 0.717) is 5.92 Å². The van der Waals surface area contributed by atoms with Gasteiger partial charge < -0.3 is 14.8 Å². The molecule has 0 aromatic heterocycles. The minimum atomic E-state index is -0.196. The second kappa shape index (κ2) is 8.20. The molecule has 1 N–H and O–H groups in total. The fourth-order valence-electron chi connectivity index (χ4n) is 2.79. The fraction of sp³-hybridized carbons (Fsp3) is 0.750. The van der Waals surface area contributed by atoms with E-state index in [4.69, 9.17) is 4.74 Å². The summed E-state index contributed by atoms with van der Waals surface area (Å²) in [5.41, 5.74) is 2.04. The SMILES string of the molecule is COC(=O)C(CC(C)C)=C1CCCC(N[C@@H](C)C=O)C1. The van der Waals surface area contributed by atoms with Crippen molar-refractivity contribution in [1.82, 2.24) is 5.32 Å². The molecule has 4 nitrogen and oxygen atoms in total. The third-order valence-electron chi connectivity index (χ3n) is 3.70. The Morgan fingerprint density at radius 2 is 2.15 bits per heavy atom. The summed E-state index contributed by atoms with van der Waals surface area (Å²) in [5.74, 6) is 0.233. The van der Waals surface area contributed by atoms with Gasteiger partial charge >= 0.3 is 5.97 Å². The lowest BCUT2D eigenvalue weighted by molar-refractivity contribution is -0.136. The molecule has 114 valence electrons. The number of aldehydes is 1. The van der Waals surface area contributed by atoms with Crippen LogP contribution in [0.1, 0.15) is 52.9 Å². The van der Waals surface area contributed by atoms with Gasteiger partial charge in [-0.25, -0.2) is 4.79 Å². The minimum Gasteiger partial charge on any atom is -0.466 e. The molecule has 0 bridgehead atoms. The molecule has 0 aromatic carbocycles. The van der Waals surface area contributed by atoms with Crippen molar-refractivity contribution in [3.8, 4) is 0 Å². The van der Waals surface area contributed by atoms with Crippen LogP contribution in [0.4, 0.5) is 0 Å². The van der Waals surface area contributed by atoms with Crippen LogP contribution in [-0.4, -0.2) is 31.4 Å². The number of methoxy groups -OCH3 is 1. The first-order valence-electron chi connectivity index (χ1n) is 7.48. The van der Waals surface area contributed by atoms with E-state index in [0.717, 1.165) is 44.0 Å². The van der Waals surface area contributed by atoms with Crippen molar-refractivity contribution in [2.75, 3.05) is 7.11 Å². The number of hydrogen-bond donors (Lipinski definition) is 1. The molecule has 1 fully saturated rings. The monoisotopic (exact) mass is 281 g/mol. The van der Waals surface area contributed by atoms with Crippen LogP contribution in [0.3, 0.4) is 0 Å². The predicted molar refractivity (Wildman–Crippen MR) is 79.4 cm³/mol. The molecule has 1 rings (SSSR count). The van der Waals surface area contributed by atoms with Gasteiger partial charge in [0.05, 0.1) is 13.2 Å². The van der Waals surface area contributed by atoms with Crippen LogP contribution in [0, 0.1) is 5.92 Å². The number of ether oxygens (including phenoxy) is 1. The average Bonchev–Trinajstić information content (AvgIpc) is 2.43. The molecule has 1 aliphatic rings. The minimum absolute atomic E-state index is 0.133. The summed E-state index contributed by atoms with van der Waals surface area (Å²) >= 11 is 0. The first-order chi connectivity index (χ1) is 9.47. The molecule has 0 heterocycles. The van der Waals surface area contributed by atoms with E-state index in [1.165, 1.54) is 12.7 Å². The Hall–Kier alpha value is -1.16. The highest BCUT2D eigenvalue weighted by Gasteiger charge is 2.24. The van der Waals surface area contributed by atoms with Gasteiger partial charge in [0.2, 0.25) is 0 Å². The van der Waals surface area contributed by atoms with E-state index in [9.17, 15) is 9.59 Å². The van der Waals surface area contributed by atoms with Gasteiger partial charge in [-0.05, 0) is 44.9 Å². The van der Waals surface area contributed by atoms with Crippen LogP contribution >= 0.6 is 0 Å². The first kappa shape index (κ1) is 16.9. The van der Waals surface area contributed by atoms with Crippen LogP contribution in [0.15, 0.2) is 11.1 Å². The number of carbonyl (C=O) groups is 2. The lowest BCUT2D eigenvalue weighted by atomic mass is 9.85. The van der Waals surface area contributed by atoms with Gasteiger partial charge in [0, 0.05) is 11.6 Å². The number of esters is 1. The van der Waals surface area contributed by atoms with Crippen molar-refractivity contribution in [3.05, 3.63) is 11.1 Å². The maximum Gasteiger partial charge on any atom is 0.333 e. The summed E-state index contributed by atoms with van der Waals surface area (Å²) in [6.45, 7) is 6.08. The lowest BCUT2D eigenvalue weighted by Gasteiger charge is -2.28. The Labute approximate surface area is 122 Å². The van der Waals surface area contributed by atoms with Crippen molar-refractivity contribution < 1.29 is 14.3 Å². The molecule has 1 unspecified atom stereocenters. The molecule has 0 spiro atoms. The zero-order chi connectivity index (χ0) is 15.1. The van der Waals surface area contributed by atoms with Crippen LogP contribution in [0.25, 0.3) is 0 Å². The number of carbonyl (C=O) groups excluding carboxylic acids is 2. The predicted octanol–water partition coefficient (Wildman–Crippen LogP) is 2.62. The summed E-state index contributed by atoms with van der Waals surface area (Å²) in [5, 5.41) is 3.31. The van der Waals surface area contributed by atoms with Gasteiger partial charge in [-0.2, -0.15) is 0 Å². The van der Waals surface area contributed by atoms with Crippen LogP contribution < -0.4 is 5.32 Å². The van der Waals surface area contributed by atoms with Gasteiger partial charge in [0.1, 0.15) is 6.29 Å². The molecular weight excluding hydrogens is 254 g/mol. The highest BCUT2D eigenvalue weighted by Crippen LogP contribution is 2.29. The Kier molecular flexibility index (Phi) is 6.93. The Morgan fingerprint density at radius 1 is 1.45 bits per heavy atom. The third kappa shape index (κ3) is 5.08. The zero-order valence-electron chi connectivity index (χ0n) is 13.1. The number of hydrogen-bond acceptors (Lipinski definition) is 4. The second-order valence-corrected chi connectivity index (χ2v) is 6.06. The molecule has 2 atom stereocenters. The van der Waals surface area contributed by atoms with Gasteiger partial charge in [-0.3, -0.25) is 0 Å². The van der Waals surface area contributed by atoms with Crippen LogP contribution in [0.2, 0.25) is 0 Å². The topological polar surface area (TPSA) is 55.4 Å². The van der Waals surface area contributed by atoms with Gasteiger partial charge in [0.25, 0.3) is 0 Å². The lowest BCUT2D eigenvalue weighted by Crippen LogP contribution is -2.39. The Balaban J connectivity index is 2.84. The summed E-state index contributed by atoms with van der Waals surface area (Å²) < 4.78 is 4.93. The molecule has 20 heavy (non-hydrogen) atoms. The maximum atomic E-state index is 12.0. The van der Waals surface area contributed by atoms with Crippen molar-refractivity contribution in [1.29, 1.82) is 0 Å². The van der Waals surface area contributed by atoms with Gasteiger partial charge in [-0.1, -0.05) is 19.4 Å². The summed E-state index contributed by atoms with van der Waals surface area (Å²) in [6, 6.07) is 0.150. The smallest absolute Gasteiger partial charge is 0.333 e. The van der Waals surface area contributed by atoms with Crippen LogP contribution in [0.5, 0.6) is 0 Å². The molecule has 1 aliphatic carbocycles. The summed E-state index contributed by atoms with van der Waals surface area (Å²) in [4.78, 5) is 22.7. The maximum absolute atomic E-state index is 12.0. The molecule has 4 heteroatoms. The second-order valence-electron chi connectivity index (χ2n) is 6.06. The van der Waals surface area contributed by atoms with E-state index in [1.54, 1.807) is 0 Å². The van der Waals surface area contributed by atoms with E-state index in [-0.39, 0.29) is 18.1 Å². The van der Waals surface area contributed by atoms with E-state index in [2.05, 4.69) is 19.2 Å². The van der Waals surface area contributed by atoms with E-state index in [1.807, 2.05) is 6.92 Å². The molecule has 1 saturated carbocycles. The van der Waals surface area contributed by atoms with Crippen molar-refractivity contribution in [2.24, 2.45) is 5.92 Å². The largest absolute Gasteiger partial charge is 0.466 e. The molecular formula is C16H27NO3. The standard InChI is InChI=1S/C16H27NO3/c1-11(2)8-15(16(19)20-4)13-6-5-7-14(9-13)17-12(3)10-18/h10-12,14,17H,5-9H2,1-4H3/t12-,14?/m0/s1. The molecule has 0 radical (unpaired) electrons. The van der Waals surface area contributed by atoms with Crippen molar-refractivity contribution >= 4 is 12.3 Å². The normalized spacial score (nSPS) is 23.4. The summed E-state index contributed by atoms with van der Waals surface area (Å²) in [6.07, 6.45) is 5.60. The van der Waals surface area contributed by atoms with Crippen molar-refractivity contribution in [3.63, 3.8) is 0 Å². The third-order valence-corrected chi connectivity index (χ3v) is 3.70. The zero-order valence-corrected chi connectivity index (χ0v) is 13.1. The number of rotatable bonds is 6. The van der Waals surface area contributed by atoms with Crippen molar-refractivity contribution in [2.45, 2.75) is 65.0 Å². The van der Waals surface area contributed by atoms with E-state index >= 15 is 0 Å². The average molecular weight is 281 g/mol. The van der Waals surface area contributed by atoms with Gasteiger partial charge in [-0.15, -0.1) is 0 Å². The van der Waals surface area contributed by atoms with Gasteiger partial charge in [0.15, 0.2) is 0 Å². The number of nitrogens with one attached hydrogen (secondary N) is 1.